The van der Waals surface area contributed by atoms with Gasteiger partial charge in [0.25, 0.3) is 0 Å². The van der Waals surface area contributed by atoms with Crippen LogP contribution in [0.2, 0.25) is 0 Å². The molecule has 0 aliphatic rings. The molecule has 0 saturated heterocycles. The predicted molar refractivity (Wildman–Crippen MR) is 71.8 cm³/mol. The van der Waals surface area contributed by atoms with Crippen LogP contribution in [0.25, 0.3) is 0 Å². The molecule has 0 amide bonds. The Labute approximate surface area is 113 Å². The smallest absolute Gasteiger partial charge is 0.404 e. The van der Waals surface area contributed by atoms with Crippen LogP contribution in [0.1, 0.15) is 33.3 Å². The summed E-state index contributed by atoms with van der Waals surface area (Å²) in [7, 11) is -3.71. The van der Waals surface area contributed by atoms with Crippen LogP contribution in [0.4, 0.5) is 4.39 Å². The molecule has 0 radical (unpaired) electrons. The van der Waals surface area contributed by atoms with E-state index < -0.39 is 7.82 Å². The second-order valence-electron chi connectivity index (χ2n) is 4.76. The van der Waals surface area contributed by atoms with E-state index in [4.69, 9.17) is 13.6 Å². The van der Waals surface area contributed by atoms with Gasteiger partial charge in [0.1, 0.15) is 11.6 Å². The van der Waals surface area contributed by atoms with Crippen LogP contribution < -0.4 is 4.52 Å². The molecule has 0 aromatic heterocycles. The first-order chi connectivity index (χ1) is 8.72. The van der Waals surface area contributed by atoms with Gasteiger partial charge in [-0.3, -0.25) is 9.05 Å². The predicted octanol–water partition coefficient (Wildman–Crippen LogP) is 4.47. The Bertz CT molecular complexity index is 460. The monoisotopic (exact) mass is 290 g/mol. The fourth-order valence-corrected chi connectivity index (χ4v) is 2.93. The normalized spacial score (nSPS) is 12.2. The largest absolute Gasteiger partial charge is 0.530 e. The molecule has 1 aromatic carbocycles. The first-order valence-electron chi connectivity index (χ1n) is 6.14. The van der Waals surface area contributed by atoms with Crippen molar-refractivity contribution in [2.75, 3.05) is 0 Å². The molecule has 0 aliphatic heterocycles. The zero-order valence-corrected chi connectivity index (χ0v) is 12.7. The van der Waals surface area contributed by atoms with E-state index >= 15 is 0 Å². The van der Waals surface area contributed by atoms with Crippen molar-refractivity contribution >= 4 is 7.82 Å². The minimum absolute atomic E-state index is 0.253. The molecule has 0 unspecified atom stereocenters. The van der Waals surface area contributed by atoms with Crippen molar-refractivity contribution in [1.82, 2.24) is 0 Å². The third-order valence-electron chi connectivity index (χ3n) is 2.03. The molecular weight excluding hydrogens is 270 g/mol. The van der Waals surface area contributed by atoms with Crippen LogP contribution >= 0.6 is 7.82 Å². The number of rotatable bonds is 6. The van der Waals surface area contributed by atoms with E-state index in [0.717, 1.165) is 0 Å². The van der Waals surface area contributed by atoms with Crippen LogP contribution in [-0.2, 0) is 13.6 Å². The van der Waals surface area contributed by atoms with Gasteiger partial charge in [-0.2, -0.15) is 0 Å². The van der Waals surface area contributed by atoms with Gasteiger partial charge in [0.05, 0.1) is 12.2 Å². The number of benzene rings is 1. The molecule has 0 N–H and O–H groups in total. The van der Waals surface area contributed by atoms with Gasteiger partial charge < -0.3 is 4.52 Å². The summed E-state index contributed by atoms with van der Waals surface area (Å²) in [6.07, 6.45) is -0.628. The third kappa shape index (κ3) is 5.31. The average molecular weight is 290 g/mol. The zero-order valence-electron chi connectivity index (χ0n) is 11.8. The van der Waals surface area contributed by atoms with Crippen LogP contribution in [0.3, 0.4) is 0 Å². The Balaban J connectivity index is 2.93. The van der Waals surface area contributed by atoms with E-state index in [1.165, 1.54) is 18.2 Å². The van der Waals surface area contributed by atoms with Gasteiger partial charge in [-0.15, -0.1) is 0 Å². The van der Waals surface area contributed by atoms with Gasteiger partial charge in [-0.25, -0.2) is 8.96 Å². The molecular formula is C13H20FO4P. The maximum atomic E-state index is 13.2. The quantitative estimate of drug-likeness (QED) is 0.725. The second kappa shape index (κ2) is 6.51. The zero-order chi connectivity index (χ0) is 14.6. The van der Waals surface area contributed by atoms with Gasteiger partial charge in [-0.05, 0) is 58.4 Å². The van der Waals surface area contributed by atoms with Crippen molar-refractivity contribution in [2.24, 2.45) is 0 Å². The Morgan fingerprint density at radius 3 is 2.05 bits per heavy atom. The van der Waals surface area contributed by atoms with Gasteiger partial charge >= 0.3 is 7.82 Å². The van der Waals surface area contributed by atoms with Crippen LogP contribution in [0, 0.1) is 12.7 Å². The van der Waals surface area contributed by atoms with Gasteiger partial charge in [-0.1, -0.05) is 0 Å². The van der Waals surface area contributed by atoms with Crippen LogP contribution in [0.5, 0.6) is 5.75 Å². The van der Waals surface area contributed by atoms with Crippen molar-refractivity contribution in [3.05, 3.63) is 29.6 Å². The maximum absolute atomic E-state index is 13.2. The summed E-state index contributed by atoms with van der Waals surface area (Å²) in [5.41, 5.74) is 0.401. The first-order valence-corrected chi connectivity index (χ1v) is 7.60. The van der Waals surface area contributed by atoms with Crippen LogP contribution in [-0.4, -0.2) is 12.2 Å². The highest BCUT2D eigenvalue weighted by Crippen LogP contribution is 2.51. The topological polar surface area (TPSA) is 44.8 Å². The van der Waals surface area contributed by atoms with Gasteiger partial charge in [0.15, 0.2) is 0 Å². The van der Waals surface area contributed by atoms with E-state index in [-0.39, 0.29) is 23.8 Å². The second-order valence-corrected chi connectivity index (χ2v) is 6.26. The molecule has 6 heteroatoms. The molecule has 0 fully saturated rings. The first kappa shape index (κ1) is 16.2. The molecule has 0 bridgehead atoms. The highest BCUT2D eigenvalue weighted by Gasteiger charge is 2.31. The summed E-state index contributed by atoms with van der Waals surface area (Å²) in [6, 6.07) is 4.09. The molecule has 1 rings (SSSR count). The van der Waals surface area contributed by atoms with E-state index in [1.54, 1.807) is 34.6 Å². The summed E-state index contributed by atoms with van der Waals surface area (Å²) in [5.74, 6) is -0.0970. The average Bonchev–Trinajstić information content (AvgIpc) is 2.20. The Morgan fingerprint density at radius 1 is 1.11 bits per heavy atom. The number of hydrogen-bond donors (Lipinski definition) is 0. The summed E-state index contributed by atoms with van der Waals surface area (Å²) in [6.45, 7) is 8.52. The molecule has 0 saturated carbocycles. The van der Waals surface area contributed by atoms with Crippen LogP contribution in [0.15, 0.2) is 18.2 Å². The lowest BCUT2D eigenvalue weighted by Crippen LogP contribution is -2.11. The fourth-order valence-electron chi connectivity index (χ4n) is 1.39. The van der Waals surface area contributed by atoms with E-state index in [0.29, 0.717) is 5.56 Å². The van der Waals surface area contributed by atoms with Crippen molar-refractivity contribution in [3.63, 3.8) is 0 Å². The lowest BCUT2D eigenvalue weighted by molar-refractivity contribution is 0.103. The number of phosphoric ester groups is 1. The summed E-state index contributed by atoms with van der Waals surface area (Å²) < 4.78 is 41.4. The van der Waals surface area contributed by atoms with Crippen molar-refractivity contribution < 1.29 is 22.5 Å². The van der Waals surface area contributed by atoms with Gasteiger partial charge in [0, 0.05) is 0 Å². The highest BCUT2D eigenvalue weighted by molar-refractivity contribution is 7.49. The maximum Gasteiger partial charge on any atom is 0.530 e. The molecule has 0 aliphatic carbocycles. The van der Waals surface area contributed by atoms with Crippen molar-refractivity contribution in [2.45, 2.75) is 46.8 Å². The Hall–Kier alpha value is -0.900. The number of hydrogen-bond acceptors (Lipinski definition) is 4. The van der Waals surface area contributed by atoms with E-state index in [2.05, 4.69) is 0 Å². The lowest BCUT2D eigenvalue weighted by atomic mass is 10.2. The standard InChI is InChI=1S/C13H20FO4P/c1-9(2)16-19(15,17-10(3)4)18-12-6-7-13(14)11(5)8-12/h6-10H,1-5H3. The number of halogens is 1. The minimum Gasteiger partial charge on any atom is -0.404 e. The summed E-state index contributed by atoms with van der Waals surface area (Å²) >= 11 is 0. The SMILES string of the molecule is Cc1cc(OP(=O)(OC(C)C)OC(C)C)ccc1F. The van der Waals surface area contributed by atoms with Crippen molar-refractivity contribution in [1.29, 1.82) is 0 Å². The fraction of sp³-hybridized carbons (Fsp3) is 0.538. The molecule has 19 heavy (non-hydrogen) atoms. The minimum atomic E-state index is -3.71. The number of phosphoric acid groups is 1. The number of aryl methyl sites for hydroxylation is 1. The summed E-state index contributed by atoms with van der Waals surface area (Å²) in [5, 5.41) is 0. The molecule has 0 heterocycles. The molecule has 108 valence electrons. The van der Waals surface area contributed by atoms with Crippen molar-refractivity contribution in [3.8, 4) is 5.75 Å². The van der Waals surface area contributed by atoms with E-state index in [9.17, 15) is 8.96 Å². The molecule has 0 atom stereocenters. The van der Waals surface area contributed by atoms with E-state index in [1.807, 2.05) is 0 Å². The van der Waals surface area contributed by atoms with Gasteiger partial charge in [0.2, 0.25) is 0 Å². The molecule has 4 nitrogen and oxygen atoms in total. The molecule has 1 aromatic rings. The highest BCUT2D eigenvalue weighted by atomic mass is 31.2. The molecule has 0 spiro atoms. The summed E-state index contributed by atoms with van der Waals surface area (Å²) in [4.78, 5) is 0. The third-order valence-corrected chi connectivity index (χ3v) is 3.82. The lowest BCUT2D eigenvalue weighted by Gasteiger charge is -2.22. The Kier molecular flexibility index (Phi) is 5.53. The Morgan fingerprint density at radius 2 is 1.63 bits per heavy atom.